The van der Waals surface area contributed by atoms with E-state index in [9.17, 15) is 8.78 Å². The molecule has 0 N–H and O–H groups in total. The molecule has 0 spiro atoms. The molecule has 0 nitrogen and oxygen atoms in total. The first-order chi connectivity index (χ1) is 5.24. The zero-order chi connectivity index (χ0) is 8.27. The molecule has 0 heterocycles. The number of alkyl halides is 2. The first-order valence-electron chi connectivity index (χ1n) is 3.19. The smallest absolute Gasteiger partial charge is 0.123 e. The van der Waals surface area contributed by atoms with E-state index in [1.807, 2.05) is 0 Å². The van der Waals surface area contributed by atoms with Crippen molar-refractivity contribution < 1.29 is 8.78 Å². The summed E-state index contributed by atoms with van der Waals surface area (Å²) in [7, 11) is 0. The molecule has 0 aromatic heterocycles. The van der Waals surface area contributed by atoms with Crippen LogP contribution in [0.1, 0.15) is 10.9 Å². The van der Waals surface area contributed by atoms with E-state index in [2.05, 4.69) is 0 Å². The first-order valence-corrected chi connectivity index (χ1v) is 3.63. The molecule has 0 aliphatic heterocycles. The molecule has 1 aromatic carbocycles. The maximum Gasteiger partial charge on any atom is 0.123 e. The molecule has 0 saturated carbocycles. The number of benzene rings is 1. The Morgan fingerprint density at radius 2 is 2.18 bits per heavy atom. The molecule has 60 valence electrons. The first kappa shape index (κ1) is 8.47. The van der Waals surface area contributed by atoms with Crippen LogP contribution in [0, 0.1) is 5.82 Å². The van der Waals surface area contributed by atoms with Gasteiger partial charge in [-0.3, -0.25) is 0 Å². The lowest BCUT2D eigenvalue weighted by molar-refractivity contribution is 0.485. The lowest BCUT2D eigenvalue weighted by Gasteiger charge is -2.03. The molecule has 3 heteroatoms. The quantitative estimate of drug-likeness (QED) is 0.608. The van der Waals surface area contributed by atoms with Crippen LogP contribution in [0.15, 0.2) is 24.3 Å². The molecule has 1 atom stereocenters. The van der Waals surface area contributed by atoms with E-state index in [-0.39, 0.29) is 5.82 Å². The Labute approximate surface area is 68.8 Å². The Morgan fingerprint density at radius 1 is 1.45 bits per heavy atom. The Hall–Kier alpha value is -0.630. The molecule has 0 bridgehead atoms. The van der Waals surface area contributed by atoms with Crippen LogP contribution < -0.4 is 0 Å². The largest absolute Gasteiger partial charge is 0.249 e. The molecular weight excluding hydrogens is 170 g/mol. The van der Waals surface area contributed by atoms with E-state index in [4.69, 9.17) is 11.6 Å². The van der Waals surface area contributed by atoms with Crippen LogP contribution in [0.25, 0.3) is 0 Å². The zero-order valence-electron chi connectivity index (χ0n) is 5.73. The second-order valence-electron chi connectivity index (χ2n) is 2.18. The summed E-state index contributed by atoms with van der Waals surface area (Å²) in [6, 6.07) is 5.64. The van der Waals surface area contributed by atoms with Gasteiger partial charge in [0.15, 0.2) is 0 Å². The van der Waals surface area contributed by atoms with Gasteiger partial charge in [-0.15, -0.1) is 11.6 Å². The third-order valence-electron chi connectivity index (χ3n) is 1.35. The van der Waals surface area contributed by atoms with Gasteiger partial charge in [-0.05, 0) is 17.7 Å². The summed E-state index contributed by atoms with van der Waals surface area (Å²) < 4.78 is 24.4. The molecule has 0 amide bonds. The summed E-state index contributed by atoms with van der Waals surface area (Å²) in [5.41, 5.74) is 0.481. The maximum absolute atomic E-state index is 12.5. The molecule has 0 fully saturated rings. The van der Waals surface area contributed by atoms with Crippen LogP contribution in [0.4, 0.5) is 8.78 Å². The van der Waals surface area contributed by atoms with Crippen LogP contribution in [0.5, 0.6) is 0 Å². The van der Waals surface area contributed by atoms with Crippen molar-refractivity contribution in [1.82, 2.24) is 0 Å². The van der Waals surface area contributed by atoms with Gasteiger partial charge in [-0.1, -0.05) is 12.1 Å². The van der Waals surface area contributed by atoms with Crippen molar-refractivity contribution in [2.45, 2.75) is 5.38 Å². The lowest BCUT2D eigenvalue weighted by atomic mass is 10.1. The van der Waals surface area contributed by atoms with E-state index in [1.54, 1.807) is 6.07 Å². The predicted octanol–water partition coefficient (Wildman–Crippen LogP) is 3.08. The summed E-state index contributed by atoms with van der Waals surface area (Å²) in [5.74, 6) is -0.387. The van der Waals surface area contributed by atoms with Crippen LogP contribution in [-0.2, 0) is 0 Å². The number of halogens is 3. The fourth-order valence-electron chi connectivity index (χ4n) is 0.791. The molecule has 0 aliphatic carbocycles. The molecule has 1 rings (SSSR count). The summed E-state index contributed by atoms with van der Waals surface area (Å²) in [4.78, 5) is 0. The molecular formula is C8H7ClF2. The minimum absolute atomic E-state index is 0.387. The van der Waals surface area contributed by atoms with Gasteiger partial charge in [0.2, 0.25) is 0 Å². The van der Waals surface area contributed by atoms with E-state index in [0.717, 1.165) is 0 Å². The fourth-order valence-corrected chi connectivity index (χ4v) is 0.926. The van der Waals surface area contributed by atoms with Crippen molar-refractivity contribution >= 4 is 11.6 Å². The van der Waals surface area contributed by atoms with Gasteiger partial charge in [-0.2, -0.15) is 0 Å². The van der Waals surface area contributed by atoms with Crippen molar-refractivity contribution in [3.05, 3.63) is 35.6 Å². The van der Waals surface area contributed by atoms with Crippen molar-refractivity contribution in [3.8, 4) is 0 Å². The Bertz CT molecular complexity index is 237. The highest BCUT2D eigenvalue weighted by Gasteiger charge is 2.06. The highest BCUT2D eigenvalue weighted by molar-refractivity contribution is 6.20. The fraction of sp³-hybridized carbons (Fsp3) is 0.250. The van der Waals surface area contributed by atoms with Crippen LogP contribution in [0.3, 0.4) is 0 Å². The Kier molecular flexibility index (Phi) is 2.83. The van der Waals surface area contributed by atoms with Crippen molar-refractivity contribution in [2.75, 3.05) is 6.67 Å². The summed E-state index contributed by atoms with van der Waals surface area (Å²) in [6.07, 6.45) is 0. The molecule has 0 aliphatic rings. The zero-order valence-corrected chi connectivity index (χ0v) is 6.48. The van der Waals surface area contributed by atoms with Gasteiger partial charge in [0, 0.05) is 0 Å². The van der Waals surface area contributed by atoms with Crippen LogP contribution >= 0.6 is 11.6 Å². The van der Waals surface area contributed by atoms with E-state index < -0.39 is 12.1 Å². The minimum Gasteiger partial charge on any atom is -0.249 e. The molecule has 1 unspecified atom stereocenters. The standard InChI is InChI=1S/C8H7ClF2/c9-8(5-10)6-2-1-3-7(11)4-6/h1-4,8H,5H2. The normalized spacial score (nSPS) is 13.0. The van der Waals surface area contributed by atoms with Crippen molar-refractivity contribution in [1.29, 1.82) is 0 Å². The van der Waals surface area contributed by atoms with Crippen LogP contribution in [-0.4, -0.2) is 6.67 Å². The minimum atomic E-state index is -0.731. The lowest BCUT2D eigenvalue weighted by Crippen LogP contribution is -1.92. The number of hydrogen-bond donors (Lipinski definition) is 0. The number of rotatable bonds is 2. The molecule has 11 heavy (non-hydrogen) atoms. The third kappa shape index (κ3) is 2.15. The predicted molar refractivity (Wildman–Crippen MR) is 41.0 cm³/mol. The average Bonchev–Trinajstić information content (AvgIpc) is 2.03. The average molecular weight is 177 g/mol. The summed E-state index contributed by atoms with van der Waals surface area (Å²) in [6.45, 7) is -0.676. The monoisotopic (exact) mass is 176 g/mol. The van der Waals surface area contributed by atoms with Crippen LogP contribution in [0.2, 0.25) is 0 Å². The van der Waals surface area contributed by atoms with E-state index in [0.29, 0.717) is 5.56 Å². The van der Waals surface area contributed by atoms with Gasteiger partial charge in [0.1, 0.15) is 12.5 Å². The SMILES string of the molecule is FCC(Cl)c1cccc(F)c1. The third-order valence-corrected chi connectivity index (χ3v) is 1.71. The van der Waals surface area contributed by atoms with Gasteiger partial charge in [-0.25, -0.2) is 8.78 Å². The van der Waals surface area contributed by atoms with E-state index >= 15 is 0 Å². The maximum atomic E-state index is 12.5. The highest BCUT2D eigenvalue weighted by Crippen LogP contribution is 2.20. The summed E-state index contributed by atoms with van der Waals surface area (Å²) in [5, 5.41) is -0.731. The van der Waals surface area contributed by atoms with Crippen molar-refractivity contribution in [3.63, 3.8) is 0 Å². The van der Waals surface area contributed by atoms with Gasteiger partial charge >= 0.3 is 0 Å². The number of hydrogen-bond acceptors (Lipinski definition) is 0. The van der Waals surface area contributed by atoms with E-state index in [1.165, 1.54) is 18.2 Å². The van der Waals surface area contributed by atoms with Gasteiger partial charge < -0.3 is 0 Å². The van der Waals surface area contributed by atoms with Crippen molar-refractivity contribution in [2.24, 2.45) is 0 Å². The molecule has 1 aromatic rings. The Morgan fingerprint density at radius 3 is 2.73 bits per heavy atom. The molecule has 0 radical (unpaired) electrons. The van der Waals surface area contributed by atoms with Gasteiger partial charge in [0.25, 0.3) is 0 Å². The molecule has 0 saturated heterocycles. The second-order valence-corrected chi connectivity index (χ2v) is 2.70. The summed E-state index contributed by atoms with van der Waals surface area (Å²) >= 11 is 5.52. The van der Waals surface area contributed by atoms with Gasteiger partial charge in [0.05, 0.1) is 5.38 Å². The topological polar surface area (TPSA) is 0 Å². The highest BCUT2D eigenvalue weighted by atomic mass is 35.5. The second kappa shape index (κ2) is 3.67. The Balaban J connectivity index is 2.86.